The molecule has 0 spiro atoms. The van der Waals surface area contributed by atoms with E-state index < -0.39 is 34.8 Å². The van der Waals surface area contributed by atoms with Gasteiger partial charge in [-0.2, -0.15) is 0 Å². The van der Waals surface area contributed by atoms with Gasteiger partial charge >= 0.3 is 0 Å². The van der Waals surface area contributed by atoms with Crippen molar-refractivity contribution in [3.8, 4) is 0 Å². The molecule has 2 rings (SSSR count). The minimum absolute atomic E-state index is 0.233. The minimum atomic E-state index is -1.34. The van der Waals surface area contributed by atoms with Gasteiger partial charge in [0.15, 0.2) is 23.3 Å². The number of thiocarbonyl (C=S) groups is 1. The van der Waals surface area contributed by atoms with Gasteiger partial charge in [-0.3, -0.25) is 0 Å². The number of halogens is 4. The normalized spacial score (nSPS) is 18.1. The molecule has 1 aromatic carbocycles. The Balaban J connectivity index is 0.000000492. The lowest BCUT2D eigenvalue weighted by Crippen LogP contribution is -2.12. The summed E-state index contributed by atoms with van der Waals surface area (Å²) in [4.78, 5) is 0. The predicted molar refractivity (Wildman–Crippen MR) is 64.3 cm³/mol. The molecule has 0 aromatic heterocycles. The Morgan fingerprint density at radius 2 is 1.72 bits per heavy atom. The van der Waals surface area contributed by atoms with Crippen LogP contribution in [0.3, 0.4) is 0 Å². The summed E-state index contributed by atoms with van der Waals surface area (Å²) >= 11 is 4.05. The van der Waals surface area contributed by atoms with Crippen LogP contribution in [0.4, 0.5) is 17.6 Å². The molecule has 0 saturated carbocycles. The Kier molecular flexibility index (Phi) is 5.49. The fourth-order valence-electron chi connectivity index (χ4n) is 1.85. The van der Waals surface area contributed by atoms with Crippen LogP contribution in [0.2, 0.25) is 0 Å². The van der Waals surface area contributed by atoms with Crippen LogP contribution < -0.4 is 11.1 Å². The maximum Gasteiger partial charge on any atom is 0.165 e. The lowest BCUT2D eigenvalue weighted by atomic mass is 9.97. The van der Waals surface area contributed by atoms with Gasteiger partial charge in [0.05, 0.1) is 5.49 Å². The first-order valence-corrected chi connectivity index (χ1v) is 5.69. The Labute approximate surface area is 107 Å². The van der Waals surface area contributed by atoms with Crippen LogP contribution >= 0.6 is 12.2 Å². The third kappa shape index (κ3) is 3.17. The summed E-state index contributed by atoms with van der Waals surface area (Å²) < 4.78 is 52.3. The van der Waals surface area contributed by atoms with Gasteiger partial charge in [-0.25, -0.2) is 17.6 Å². The van der Waals surface area contributed by atoms with Gasteiger partial charge in [0.25, 0.3) is 0 Å². The average molecular weight is 280 g/mol. The van der Waals surface area contributed by atoms with Crippen molar-refractivity contribution in [1.82, 2.24) is 5.32 Å². The van der Waals surface area contributed by atoms with Crippen molar-refractivity contribution in [2.24, 2.45) is 5.73 Å². The lowest BCUT2D eigenvalue weighted by molar-refractivity contribution is 0.429. The molecule has 100 valence electrons. The Bertz CT molecular complexity index is 407. The van der Waals surface area contributed by atoms with Crippen molar-refractivity contribution < 1.29 is 17.6 Å². The number of nitrogens with two attached hydrogens (primary N) is 1. The molecular weight excluding hydrogens is 268 g/mol. The van der Waals surface area contributed by atoms with E-state index >= 15 is 0 Å². The molecule has 1 heterocycles. The van der Waals surface area contributed by atoms with Crippen molar-refractivity contribution >= 4 is 17.7 Å². The molecule has 0 amide bonds. The molecule has 7 heteroatoms. The van der Waals surface area contributed by atoms with E-state index in [1.165, 1.54) is 0 Å². The summed E-state index contributed by atoms with van der Waals surface area (Å²) in [5.41, 5.74) is 5.15. The van der Waals surface area contributed by atoms with E-state index in [9.17, 15) is 17.6 Å². The summed E-state index contributed by atoms with van der Waals surface area (Å²) in [5, 5.41) is 2.89. The van der Waals surface area contributed by atoms with Gasteiger partial charge in [-0.15, -0.1) is 0 Å². The standard InChI is InChI=1S/C10H9F4N.CH3NS/c11-6-3-7(12)10(14)8(9(6)13)5-1-2-15-4-5;2-1-3/h3,5,15H,1-2,4H2;1H,(H2,2,3). The monoisotopic (exact) mass is 280 g/mol. The SMILES string of the molecule is Fc1cc(F)c(F)c(C2CCNC2)c1F.NC=S. The molecular formula is C11H12F4N2S. The zero-order valence-corrected chi connectivity index (χ0v) is 10.2. The molecule has 3 N–H and O–H groups in total. The quantitative estimate of drug-likeness (QED) is 0.470. The summed E-state index contributed by atoms with van der Waals surface area (Å²) in [7, 11) is 0. The van der Waals surface area contributed by atoms with E-state index in [0.29, 0.717) is 19.5 Å². The summed E-state index contributed by atoms with van der Waals surface area (Å²) in [6, 6.07) is 0.233. The third-order valence-electron chi connectivity index (χ3n) is 2.61. The van der Waals surface area contributed by atoms with Crippen molar-refractivity contribution in [3.63, 3.8) is 0 Å². The van der Waals surface area contributed by atoms with Crippen LogP contribution in [0.25, 0.3) is 0 Å². The fourth-order valence-corrected chi connectivity index (χ4v) is 1.85. The largest absolute Gasteiger partial charge is 0.396 e. The van der Waals surface area contributed by atoms with Gasteiger partial charge in [-0.05, 0) is 13.0 Å². The van der Waals surface area contributed by atoms with E-state index in [4.69, 9.17) is 0 Å². The Hall–Kier alpha value is -1.21. The zero-order valence-electron chi connectivity index (χ0n) is 9.35. The van der Waals surface area contributed by atoms with Gasteiger partial charge in [-0.1, -0.05) is 12.2 Å². The van der Waals surface area contributed by atoms with Crippen molar-refractivity contribution in [2.45, 2.75) is 12.3 Å². The Morgan fingerprint density at radius 1 is 1.22 bits per heavy atom. The number of hydrogen-bond acceptors (Lipinski definition) is 2. The zero-order chi connectivity index (χ0) is 13.7. The lowest BCUT2D eigenvalue weighted by Gasteiger charge is -2.12. The van der Waals surface area contributed by atoms with E-state index in [-0.39, 0.29) is 6.07 Å². The van der Waals surface area contributed by atoms with Crippen LogP contribution in [0.1, 0.15) is 17.9 Å². The van der Waals surface area contributed by atoms with E-state index in [0.717, 1.165) is 5.49 Å². The molecule has 1 unspecified atom stereocenters. The van der Waals surface area contributed by atoms with Crippen LogP contribution in [-0.4, -0.2) is 18.6 Å². The second-order valence-corrected chi connectivity index (χ2v) is 3.98. The minimum Gasteiger partial charge on any atom is -0.396 e. The average Bonchev–Trinajstić information content (AvgIpc) is 2.82. The molecule has 0 bridgehead atoms. The second kappa shape index (κ2) is 6.65. The highest BCUT2D eigenvalue weighted by Crippen LogP contribution is 2.30. The first-order chi connectivity index (χ1) is 8.52. The predicted octanol–water partition coefficient (Wildman–Crippen LogP) is 2.22. The van der Waals surface area contributed by atoms with Crippen LogP contribution in [0.15, 0.2) is 6.07 Å². The topological polar surface area (TPSA) is 38.0 Å². The second-order valence-electron chi connectivity index (χ2n) is 3.71. The first kappa shape index (κ1) is 14.8. The van der Waals surface area contributed by atoms with Crippen molar-refractivity contribution in [1.29, 1.82) is 0 Å². The Morgan fingerprint density at radius 3 is 2.11 bits per heavy atom. The van der Waals surface area contributed by atoms with Gasteiger partial charge < -0.3 is 11.1 Å². The highest BCUT2D eigenvalue weighted by Gasteiger charge is 2.27. The fraction of sp³-hybridized carbons (Fsp3) is 0.364. The number of rotatable bonds is 1. The molecule has 0 aliphatic carbocycles. The number of nitrogens with one attached hydrogen (secondary N) is 1. The van der Waals surface area contributed by atoms with Gasteiger partial charge in [0, 0.05) is 24.1 Å². The molecule has 2 nitrogen and oxygen atoms in total. The molecule has 18 heavy (non-hydrogen) atoms. The van der Waals surface area contributed by atoms with Crippen molar-refractivity contribution in [2.75, 3.05) is 13.1 Å². The smallest absolute Gasteiger partial charge is 0.165 e. The third-order valence-corrected chi connectivity index (χ3v) is 2.61. The van der Waals surface area contributed by atoms with Gasteiger partial charge in [0.1, 0.15) is 0 Å². The van der Waals surface area contributed by atoms with E-state index in [1.54, 1.807) is 0 Å². The highest BCUT2D eigenvalue weighted by atomic mass is 32.1. The van der Waals surface area contributed by atoms with E-state index in [1.807, 2.05) is 0 Å². The first-order valence-electron chi connectivity index (χ1n) is 5.21. The van der Waals surface area contributed by atoms with Crippen molar-refractivity contribution in [3.05, 3.63) is 34.9 Å². The number of hydrogen-bond donors (Lipinski definition) is 2. The maximum absolute atomic E-state index is 13.3. The molecule has 1 aromatic rings. The summed E-state index contributed by atoms with van der Waals surface area (Å²) in [6.45, 7) is 0.943. The maximum atomic E-state index is 13.3. The number of benzene rings is 1. The highest BCUT2D eigenvalue weighted by molar-refractivity contribution is 7.78. The van der Waals surface area contributed by atoms with Crippen LogP contribution in [-0.2, 0) is 0 Å². The van der Waals surface area contributed by atoms with Crippen LogP contribution in [0.5, 0.6) is 0 Å². The van der Waals surface area contributed by atoms with Gasteiger partial charge in [0.2, 0.25) is 0 Å². The van der Waals surface area contributed by atoms with Crippen LogP contribution in [0, 0.1) is 23.3 Å². The molecule has 1 atom stereocenters. The summed E-state index contributed by atoms with van der Waals surface area (Å²) in [6.07, 6.45) is 0.483. The molecule has 1 saturated heterocycles. The molecule has 0 radical (unpaired) electrons. The molecule has 1 aliphatic rings. The molecule has 1 aliphatic heterocycles. The summed E-state index contributed by atoms with van der Waals surface area (Å²) in [5.74, 6) is -5.72. The molecule has 1 fully saturated rings. The van der Waals surface area contributed by atoms with E-state index in [2.05, 4.69) is 23.3 Å².